The van der Waals surface area contributed by atoms with Crippen LogP contribution in [0.1, 0.15) is 11.1 Å². The number of hydrogen-bond acceptors (Lipinski definition) is 4. The molecule has 0 aliphatic heterocycles. The summed E-state index contributed by atoms with van der Waals surface area (Å²) in [4.78, 5) is 14.3. The molecule has 0 saturated heterocycles. The summed E-state index contributed by atoms with van der Waals surface area (Å²) in [6.07, 6.45) is -4.37. The lowest BCUT2D eigenvalue weighted by Gasteiger charge is -2.13. The van der Waals surface area contributed by atoms with E-state index >= 15 is 0 Å². The van der Waals surface area contributed by atoms with Crippen molar-refractivity contribution in [2.24, 2.45) is 4.99 Å². The Hall–Kier alpha value is -3.30. The lowest BCUT2D eigenvalue weighted by Crippen LogP contribution is -2.36. The smallest absolute Gasteiger partial charge is 0.422 e. The highest BCUT2D eigenvalue weighted by Crippen LogP contribution is 2.18. The maximum absolute atomic E-state index is 12.1. The number of benzene rings is 2. The van der Waals surface area contributed by atoms with Crippen LogP contribution in [-0.2, 0) is 13.1 Å². The number of rotatable bonds is 7. The van der Waals surface area contributed by atoms with E-state index in [0.717, 1.165) is 11.1 Å². The first kappa shape index (κ1) is 21.0. The third-order valence-electron chi connectivity index (χ3n) is 3.62. The fourth-order valence-electron chi connectivity index (χ4n) is 2.20. The molecule has 2 N–H and O–H groups in total. The number of nitrogens with one attached hydrogen (secondary N) is 2. The highest BCUT2D eigenvalue weighted by atomic mass is 19.4. The van der Waals surface area contributed by atoms with Crippen molar-refractivity contribution in [3.05, 3.63) is 69.8 Å². The van der Waals surface area contributed by atoms with Gasteiger partial charge in [-0.15, -0.1) is 0 Å². The second-order valence-electron chi connectivity index (χ2n) is 5.75. The van der Waals surface area contributed by atoms with Crippen LogP contribution in [0.2, 0.25) is 0 Å². The first-order valence-electron chi connectivity index (χ1n) is 8.23. The van der Waals surface area contributed by atoms with Crippen molar-refractivity contribution in [2.45, 2.75) is 19.3 Å². The van der Waals surface area contributed by atoms with E-state index in [1.54, 1.807) is 31.3 Å². The Balaban J connectivity index is 1.80. The average molecular weight is 396 g/mol. The maximum Gasteiger partial charge on any atom is 0.422 e. The molecular formula is C18H19F3N4O3. The number of nitro benzene ring substituents is 1. The predicted molar refractivity (Wildman–Crippen MR) is 98.1 cm³/mol. The number of nitrogens with zero attached hydrogens (tertiary/aromatic N) is 2. The van der Waals surface area contributed by atoms with E-state index in [4.69, 9.17) is 0 Å². The molecule has 0 aromatic heterocycles. The number of guanidine groups is 1. The van der Waals surface area contributed by atoms with Crippen LogP contribution in [0, 0.1) is 10.1 Å². The van der Waals surface area contributed by atoms with Gasteiger partial charge in [-0.2, -0.15) is 13.2 Å². The van der Waals surface area contributed by atoms with Gasteiger partial charge in [0.15, 0.2) is 12.6 Å². The summed E-state index contributed by atoms with van der Waals surface area (Å²) in [6, 6.07) is 12.4. The largest absolute Gasteiger partial charge is 0.484 e. The van der Waals surface area contributed by atoms with Crippen molar-refractivity contribution in [2.75, 3.05) is 13.7 Å². The molecule has 10 heteroatoms. The summed E-state index contributed by atoms with van der Waals surface area (Å²) in [5.74, 6) is 0.650. The fraction of sp³-hybridized carbons (Fsp3) is 0.278. The predicted octanol–water partition coefficient (Wildman–Crippen LogP) is 3.40. The van der Waals surface area contributed by atoms with E-state index in [0.29, 0.717) is 19.0 Å². The zero-order valence-electron chi connectivity index (χ0n) is 15.0. The first-order chi connectivity index (χ1) is 13.3. The number of ether oxygens (including phenoxy) is 1. The molecule has 28 heavy (non-hydrogen) atoms. The van der Waals surface area contributed by atoms with E-state index in [-0.39, 0.29) is 11.4 Å². The van der Waals surface area contributed by atoms with Gasteiger partial charge in [0.2, 0.25) is 0 Å². The van der Waals surface area contributed by atoms with Gasteiger partial charge in [-0.25, -0.2) is 0 Å². The molecule has 7 nitrogen and oxygen atoms in total. The third kappa shape index (κ3) is 7.14. The van der Waals surface area contributed by atoms with Crippen molar-refractivity contribution >= 4 is 11.6 Å². The number of nitro groups is 1. The first-order valence-corrected chi connectivity index (χ1v) is 8.23. The molecule has 0 spiro atoms. The molecule has 0 atom stereocenters. The molecule has 0 fully saturated rings. The second kappa shape index (κ2) is 9.58. The minimum atomic E-state index is -4.37. The monoisotopic (exact) mass is 396 g/mol. The Morgan fingerprint density at radius 3 is 1.96 bits per heavy atom. The summed E-state index contributed by atoms with van der Waals surface area (Å²) >= 11 is 0. The minimum absolute atomic E-state index is 0.0221. The number of hydrogen-bond donors (Lipinski definition) is 2. The molecule has 2 rings (SSSR count). The highest BCUT2D eigenvalue weighted by Gasteiger charge is 2.28. The Bertz CT molecular complexity index is 806. The van der Waals surface area contributed by atoms with Crippen molar-refractivity contribution in [1.29, 1.82) is 0 Å². The average Bonchev–Trinajstić information content (AvgIpc) is 2.67. The molecule has 0 saturated carbocycles. The third-order valence-corrected chi connectivity index (χ3v) is 3.62. The van der Waals surface area contributed by atoms with Gasteiger partial charge in [0.1, 0.15) is 5.75 Å². The van der Waals surface area contributed by atoms with Crippen molar-refractivity contribution in [3.63, 3.8) is 0 Å². The van der Waals surface area contributed by atoms with Gasteiger partial charge >= 0.3 is 6.18 Å². The van der Waals surface area contributed by atoms with Gasteiger partial charge < -0.3 is 15.4 Å². The summed E-state index contributed by atoms with van der Waals surface area (Å²) in [5.41, 5.74) is 1.70. The van der Waals surface area contributed by atoms with Crippen LogP contribution in [0.25, 0.3) is 0 Å². The summed E-state index contributed by atoms with van der Waals surface area (Å²) in [6.45, 7) is -0.509. The zero-order valence-corrected chi connectivity index (χ0v) is 15.0. The number of non-ortho nitro benzene ring substituents is 1. The summed E-state index contributed by atoms with van der Waals surface area (Å²) in [7, 11) is 1.60. The van der Waals surface area contributed by atoms with Gasteiger partial charge in [-0.3, -0.25) is 15.1 Å². The van der Waals surface area contributed by atoms with Crippen LogP contribution in [0.15, 0.2) is 53.5 Å². The van der Waals surface area contributed by atoms with Crippen LogP contribution in [0.3, 0.4) is 0 Å². The van der Waals surface area contributed by atoms with Gasteiger partial charge in [-0.05, 0) is 23.3 Å². The highest BCUT2D eigenvalue weighted by molar-refractivity contribution is 5.79. The van der Waals surface area contributed by atoms with E-state index in [2.05, 4.69) is 20.4 Å². The molecule has 0 bridgehead atoms. The van der Waals surface area contributed by atoms with E-state index < -0.39 is 17.7 Å². The van der Waals surface area contributed by atoms with Crippen molar-refractivity contribution in [1.82, 2.24) is 10.6 Å². The van der Waals surface area contributed by atoms with Crippen LogP contribution < -0.4 is 15.4 Å². The molecule has 0 aliphatic rings. The van der Waals surface area contributed by atoms with Crippen LogP contribution in [-0.4, -0.2) is 30.7 Å². The standard InChI is InChI=1S/C18H19F3N4O3/c1-22-17(23-10-13-2-6-15(7-3-13)25(26)27)24-11-14-4-8-16(9-5-14)28-12-18(19,20)21/h2-9H,10-12H2,1H3,(H2,22,23,24). The zero-order chi connectivity index (χ0) is 20.6. The van der Waals surface area contributed by atoms with Crippen molar-refractivity contribution < 1.29 is 22.8 Å². The topological polar surface area (TPSA) is 88.8 Å². The number of aliphatic imine (C=N–C) groups is 1. The second-order valence-corrected chi connectivity index (χ2v) is 5.75. The molecule has 150 valence electrons. The Morgan fingerprint density at radius 1 is 1.04 bits per heavy atom. The van der Waals surface area contributed by atoms with E-state index in [9.17, 15) is 23.3 Å². The SMILES string of the molecule is CN=C(NCc1ccc(OCC(F)(F)F)cc1)NCc1ccc([N+](=O)[O-])cc1. The summed E-state index contributed by atoms with van der Waals surface area (Å²) in [5, 5.41) is 16.8. The van der Waals surface area contributed by atoms with Crippen LogP contribution >= 0.6 is 0 Å². The summed E-state index contributed by atoms with van der Waals surface area (Å²) < 4.78 is 41.1. The molecule has 0 radical (unpaired) electrons. The minimum Gasteiger partial charge on any atom is -0.484 e. The molecule has 2 aromatic carbocycles. The number of alkyl halides is 3. The Morgan fingerprint density at radius 2 is 1.54 bits per heavy atom. The van der Waals surface area contributed by atoms with Gasteiger partial charge in [0, 0.05) is 32.3 Å². The molecule has 0 heterocycles. The molecular weight excluding hydrogens is 377 g/mol. The lowest BCUT2D eigenvalue weighted by molar-refractivity contribution is -0.384. The fourth-order valence-corrected chi connectivity index (χ4v) is 2.20. The van der Waals surface area contributed by atoms with Gasteiger partial charge in [-0.1, -0.05) is 24.3 Å². The van der Waals surface area contributed by atoms with Gasteiger partial charge in [0.25, 0.3) is 5.69 Å². The van der Waals surface area contributed by atoms with Gasteiger partial charge in [0.05, 0.1) is 4.92 Å². The van der Waals surface area contributed by atoms with E-state index in [1.165, 1.54) is 24.3 Å². The molecule has 2 aromatic rings. The van der Waals surface area contributed by atoms with Crippen molar-refractivity contribution in [3.8, 4) is 5.75 Å². The Kier molecular flexibility index (Phi) is 7.19. The van der Waals surface area contributed by atoms with Crippen LogP contribution in [0.4, 0.5) is 18.9 Å². The Labute approximate surface area is 159 Å². The van der Waals surface area contributed by atoms with E-state index in [1.807, 2.05) is 0 Å². The van der Waals surface area contributed by atoms with Crippen LogP contribution in [0.5, 0.6) is 5.75 Å². The quantitative estimate of drug-likeness (QED) is 0.324. The molecule has 0 unspecified atom stereocenters. The molecule has 0 amide bonds. The number of halogens is 3. The normalized spacial score (nSPS) is 11.8. The maximum atomic E-state index is 12.1. The molecule has 0 aliphatic carbocycles. The lowest BCUT2D eigenvalue weighted by atomic mass is 10.2.